The van der Waals surface area contributed by atoms with Crippen LogP contribution in [0, 0.1) is 10.1 Å². The molecule has 0 radical (unpaired) electrons. The van der Waals surface area contributed by atoms with E-state index in [-0.39, 0.29) is 23.7 Å². The van der Waals surface area contributed by atoms with Gasteiger partial charge < -0.3 is 15.0 Å². The number of nitrogens with zero attached hydrogens (tertiary/aromatic N) is 3. The SMILES string of the molecule is COc1ccc([N+](=O)[O-])cc1NC(=O)C[C@@H]1SC(N2CCCC2)=NC1=O. The lowest BCUT2D eigenvalue weighted by Crippen LogP contribution is -2.25. The van der Waals surface area contributed by atoms with Gasteiger partial charge in [0.25, 0.3) is 11.6 Å². The molecule has 138 valence electrons. The molecule has 2 aliphatic rings. The summed E-state index contributed by atoms with van der Waals surface area (Å²) in [5.74, 6) is -0.436. The Morgan fingerprint density at radius 1 is 1.46 bits per heavy atom. The van der Waals surface area contributed by atoms with Gasteiger partial charge in [-0.3, -0.25) is 19.7 Å². The number of carbonyl (C=O) groups excluding carboxylic acids is 2. The predicted octanol–water partition coefficient (Wildman–Crippen LogP) is 2.03. The molecule has 0 spiro atoms. The average molecular weight is 378 g/mol. The minimum absolute atomic E-state index is 0.0593. The molecule has 1 atom stereocenters. The summed E-state index contributed by atoms with van der Waals surface area (Å²) in [7, 11) is 1.41. The van der Waals surface area contributed by atoms with Crippen LogP contribution in [0.15, 0.2) is 23.2 Å². The Hall–Kier alpha value is -2.62. The van der Waals surface area contributed by atoms with E-state index < -0.39 is 16.1 Å². The van der Waals surface area contributed by atoms with Crippen LogP contribution in [0.4, 0.5) is 11.4 Å². The number of amides is 2. The molecule has 2 heterocycles. The molecular weight excluding hydrogens is 360 g/mol. The van der Waals surface area contributed by atoms with E-state index in [2.05, 4.69) is 15.2 Å². The second-order valence-electron chi connectivity index (χ2n) is 5.93. The number of carbonyl (C=O) groups is 2. The second kappa shape index (κ2) is 7.73. The van der Waals surface area contributed by atoms with Crippen molar-refractivity contribution in [3.63, 3.8) is 0 Å². The molecule has 0 bridgehead atoms. The number of rotatable bonds is 5. The number of thioether (sulfide) groups is 1. The third kappa shape index (κ3) is 3.96. The number of aliphatic imine (C=N–C) groups is 1. The summed E-state index contributed by atoms with van der Waals surface area (Å²) in [6.07, 6.45) is 2.09. The maximum absolute atomic E-state index is 12.3. The number of nitro benzene ring substituents is 1. The molecular formula is C16H18N4O5S. The molecule has 1 saturated heterocycles. The fraction of sp³-hybridized carbons (Fsp3) is 0.438. The molecule has 0 aliphatic carbocycles. The lowest BCUT2D eigenvalue weighted by molar-refractivity contribution is -0.384. The van der Waals surface area contributed by atoms with Crippen LogP contribution in [-0.4, -0.2) is 52.3 Å². The number of amidine groups is 1. The van der Waals surface area contributed by atoms with Gasteiger partial charge in [0.05, 0.1) is 17.7 Å². The molecule has 1 aromatic rings. The summed E-state index contributed by atoms with van der Waals surface area (Å²) in [6.45, 7) is 1.76. The molecule has 2 aliphatic heterocycles. The zero-order valence-electron chi connectivity index (χ0n) is 14.1. The van der Waals surface area contributed by atoms with Gasteiger partial charge >= 0.3 is 0 Å². The molecule has 1 fully saturated rings. The Labute approximate surface area is 153 Å². The molecule has 0 aromatic heterocycles. The Morgan fingerprint density at radius 3 is 2.85 bits per heavy atom. The lowest BCUT2D eigenvalue weighted by atomic mass is 10.2. The predicted molar refractivity (Wildman–Crippen MR) is 97.5 cm³/mol. The first-order chi connectivity index (χ1) is 12.5. The summed E-state index contributed by atoms with van der Waals surface area (Å²) < 4.78 is 5.12. The van der Waals surface area contributed by atoms with Crippen LogP contribution in [0.25, 0.3) is 0 Å². The van der Waals surface area contributed by atoms with Crippen molar-refractivity contribution in [2.75, 3.05) is 25.5 Å². The Kier molecular flexibility index (Phi) is 5.40. The number of hydrogen-bond donors (Lipinski definition) is 1. The quantitative estimate of drug-likeness (QED) is 0.616. The van der Waals surface area contributed by atoms with Crippen molar-refractivity contribution in [3.05, 3.63) is 28.3 Å². The van der Waals surface area contributed by atoms with Crippen LogP contribution in [0.1, 0.15) is 19.3 Å². The highest BCUT2D eigenvalue weighted by molar-refractivity contribution is 8.15. The van der Waals surface area contributed by atoms with Gasteiger partial charge in [-0.05, 0) is 18.9 Å². The summed E-state index contributed by atoms with van der Waals surface area (Å²) in [4.78, 5) is 40.9. The molecule has 26 heavy (non-hydrogen) atoms. The summed E-state index contributed by atoms with van der Waals surface area (Å²) in [5, 5.41) is 13.6. The van der Waals surface area contributed by atoms with Crippen molar-refractivity contribution in [1.29, 1.82) is 0 Å². The zero-order chi connectivity index (χ0) is 18.7. The van der Waals surface area contributed by atoms with Crippen LogP contribution in [0.2, 0.25) is 0 Å². The summed E-state index contributed by atoms with van der Waals surface area (Å²) >= 11 is 1.30. The smallest absolute Gasteiger partial charge is 0.271 e. The molecule has 1 N–H and O–H groups in total. The van der Waals surface area contributed by atoms with E-state index >= 15 is 0 Å². The van der Waals surface area contributed by atoms with Gasteiger partial charge in [0.2, 0.25) is 5.91 Å². The highest BCUT2D eigenvalue weighted by Gasteiger charge is 2.34. The monoisotopic (exact) mass is 378 g/mol. The number of nitro groups is 1. The number of nitrogens with one attached hydrogen (secondary N) is 1. The highest BCUT2D eigenvalue weighted by atomic mass is 32.2. The Balaban J connectivity index is 1.63. The van der Waals surface area contributed by atoms with Crippen molar-refractivity contribution in [2.45, 2.75) is 24.5 Å². The van der Waals surface area contributed by atoms with Gasteiger partial charge in [-0.1, -0.05) is 11.8 Å². The number of non-ortho nitro benzene ring substituents is 1. The van der Waals surface area contributed by atoms with E-state index in [9.17, 15) is 19.7 Å². The number of anilines is 1. The number of benzene rings is 1. The van der Waals surface area contributed by atoms with E-state index in [0.29, 0.717) is 10.9 Å². The van der Waals surface area contributed by atoms with E-state index in [1.165, 1.54) is 37.1 Å². The first-order valence-corrected chi connectivity index (χ1v) is 9.02. The second-order valence-corrected chi connectivity index (χ2v) is 7.10. The number of hydrogen-bond acceptors (Lipinski definition) is 7. The molecule has 9 nitrogen and oxygen atoms in total. The maximum Gasteiger partial charge on any atom is 0.271 e. The Morgan fingerprint density at radius 2 is 2.19 bits per heavy atom. The topological polar surface area (TPSA) is 114 Å². The normalized spacial score (nSPS) is 19.4. The third-order valence-corrected chi connectivity index (χ3v) is 5.36. The molecule has 0 saturated carbocycles. The van der Waals surface area contributed by atoms with Crippen molar-refractivity contribution in [3.8, 4) is 5.75 Å². The standard InChI is InChI=1S/C16H18N4O5S/c1-25-12-5-4-10(20(23)24)8-11(12)17-14(21)9-13-15(22)18-16(26-13)19-6-2-3-7-19/h4-5,8,13H,2-3,6-7,9H2,1H3,(H,17,21)/t13-/m0/s1. The summed E-state index contributed by atoms with van der Waals surface area (Å²) in [5.41, 5.74) is 0.0369. The fourth-order valence-corrected chi connectivity index (χ4v) is 3.95. The molecule has 1 aromatic carbocycles. The third-order valence-electron chi connectivity index (χ3n) is 4.14. The van der Waals surface area contributed by atoms with Crippen LogP contribution in [0.3, 0.4) is 0 Å². The number of methoxy groups -OCH3 is 1. The van der Waals surface area contributed by atoms with Crippen molar-refractivity contribution >= 4 is 40.1 Å². The van der Waals surface area contributed by atoms with Gasteiger partial charge in [-0.15, -0.1) is 0 Å². The lowest BCUT2D eigenvalue weighted by Gasteiger charge is -2.16. The largest absolute Gasteiger partial charge is 0.495 e. The van der Waals surface area contributed by atoms with Crippen LogP contribution in [-0.2, 0) is 9.59 Å². The van der Waals surface area contributed by atoms with E-state index in [1.54, 1.807) is 0 Å². The zero-order valence-corrected chi connectivity index (χ0v) is 15.0. The van der Waals surface area contributed by atoms with Crippen LogP contribution < -0.4 is 10.1 Å². The minimum atomic E-state index is -0.574. The first kappa shape index (κ1) is 18.2. The van der Waals surface area contributed by atoms with Crippen molar-refractivity contribution in [1.82, 2.24) is 4.90 Å². The fourth-order valence-electron chi connectivity index (χ4n) is 2.83. The molecule has 3 rings (SSSR count). The van der Waals surface area contributed by atoms with Crippen molar-refractivity contribution in [2.24, 2.45) is 4.99 Å². The molecule has 2 amide bonds. The molecule has 0 unspecified atom stereocenters. The number of likely N-dealkylation sites (tertiary alicyclic amines) is 1. The molecule has 10 heteroatoms. The Bertz CT molecular complexity index is 776. The van der Waals surface area contributed by atoms with E-state index in [1.807, 2.05) is 0 Å². The number of ether oxygens (including phenoxy) is 1. The average Bonchev–Trinajstić information content (AvgIpc) is 3.25. The van der Waals surface area contributed by atoms with Gasteiger partial charge in [0.15, 0.2) is 5.17 Å². The van der Waals surface area contributed by atoms with Crippen LogP contribution >= 0.6 is 11.8 Å². The van der Waals surface area contributed by atoms with Gasteiger partial charge in [0.1, 0.15) is 11.0 Å². The summed E-state index contributed by atoms with van der Waals surface area (Å²) in [6, 6.07) is 3.94. The van der Waals surface area contributed by atoms with E-state index in [0.717, 1.165) is 25.9 Å². The highest BCUT2D eigenvalue weighted by Crippen LogP contribution is 2.31. The first-order valence-electron chi connectivity index (χ1n) is 8.14. The maximum atomic E-state index is 12.3. The van der Waals surface area contributed by atoms with Gasteiger partial charge in [0, 0.05) is 31.6 Å². The van der Waals surface area contributed by atoms with Gasteiger partial charge in [-0.25, -0.2) is 0 Å². The van der Waals surface area contributed by atoms with Crippen LogP contribution in [0.5, 0.6) is 5.75 Å². The minimum Gasteiger partial charge on any atom is -0.495 e. The van der Waals surface area contributed by atoms with Gasteiger partial charge in [-0.2, -0.15) is 4.99 Å². The van der Waals surface area contributed by atoms with E-state index in [4.69, 9.17) is 4.74 Å². The van der Waals surface area contributed by atoms with Crippen molar-refractivity contribution < 1.29 is 19.2 Å².